The van der Waals surface area contributed by atoms with Crippen LogP contribution in [0.1, 0.15) is 17.1 Å². The average Bonchev–Trinajstić information content (AvgIpc) is 2.62. The van der Waals surface area contributed by atoms with Crippen LogP contribution in [0.15, 0.2) is 29.3 Å². The first-order valence-corrected chi connectivity index (χ1v) is 8.03. The molecule has 0 aliphatic carbocycles. The lowest BCUT2D eigenvalue weighted by Gasteiger charge is -2.10. The zero-order chi connectivity index (χ0) is 14.2. The van der Waals surface area contributed by atoms with Crippen molar-refractivity contribution in [2.75, 3.05) is 6.26 Å². The van der Waals surface area contributed by atoms with Gasteiger partial charge in [0.05, 0.1) is 11.4 Å². The minimum absolute atomic E-state index is 0.236. The molecule has 6 heteroatoms. The van der Waals surface area contributed by atoms with Crippen LogP contribution in [0.3, 0.4) is 0 Å². The van der Waals surface area contributed by atoms with Crippen molar-refractivity contribution in [3.05, 3.63) is 46.5 Å². The molecule has 0 amide bonds. The van der Waals surface area contributed by atoms with Crippen molar-refractivity contribution < 1.29 is 8.42 Å². The molecular formula is C13H15ClN2O2S. The highest BCUT2D eigenvalue weighted by Gasteiger charge is 2.11. The molecule has 19 heavy (non-hydrogen) atoms. The van der Waals surface area contributed by atoms with Crippen molar-refractivity contribution >= 4 is 21.4 Å². The highest BCUT2D eigenvalue weighted by molar-refractivity contribution is 7.90. The van der Waals surface area contributed by atoms with Gasteiger partial charge in [-0.2, -0.15) is 0 Å². The van der Waals surface area contributed by atoms with Gasteiger partial charge in [0.1, 0.15) is 5.82 Å². The number of benzene rings is 1. The van der Waals surface area contributed by atoms with Crippen LogP contribution in [0.5, 0.6) is 0 Å². The number of nitrogens with zero attached hydrogens (tertiary/aromatic N) is 2. The smallest absolute Gasteiger partial charge is 0.175 e. The molecule has 2 aromatic rings. The van der Waals surface area contributed by atoms with Crippen molar-refractivity contribution in [1.29, 1.82) is 0 Å². The zero-order valence-corrected chi connectivity index (χ0v) is 12.6. The van der Waals surface area contributed by atoms with Gasteiger partial charge in [0.15, 0.2) is 9.84 Å². The Hall–Kier alpha value is -1.33. The molecule has 1 aromatic carbocycles. The van der Waals surface area contributed by atoms with Crippen LogP contribution in [0.25, 0.3) is 0 Å². The molecule has 0 unspecified atom stereocenters. The summed E-state index contributed by atoms with van der Waals surface area (Å²) in [7, 11) is -3.22. The van der Waals surface area contributed by atoms with E-state index in [-0.39, 0.29) is 4.90 Å². The Labute approximate surface area is 118 Å². The van der Waals surface area contributed by atoms with E-state index >= 15 is 0 Å². The molecule has 2 rings (SSSR count). The Bertz CT molecular complexity index is 701. The van der Waals surface area contributed by atoms with E-state index in [0.29, 0.717) is 11.6 Å². The van der Waals surface area contributed by atoms with E-state index in [0.717, 1.165) is 17.1 Å². The zero-order valence-electron chi connectivity index (χ0n) is 11.0. The van der Waals surface area contributed by atoms with E-state index in [1.807, 2.05) is 18.4 Å². The van der Waals surface area contributed by atoms with Gasteiger partial charge < -0.3 is 4.57 Å². The fourth-order valence-electron chi connectivity index (χ4n) is 1.88. The summed E-state index contributed by atoms with van der Waals surface area (Å²) in [5, 5.41) is 0.454. The summed E-state index contributed by atoms with van der Waals surface area (Å²) in [6.07, 6.45) is 2.97. The standard InChI is InChI=1S/C13H15ClN2O2S/c1-9-7-15-10(2)16(9)8-11-4-5-12(6-13(11)14)19(3,17)18/h4-7H,8H2,1-3H3. The van der Waals surface area contributed by atoms with Crippen LogP contribution >= 0.6 is 11.6 Å². The van der Waals surface area contributed by atoms with Gasteiger partial charge in [-0.05, 0) is 31.5 Å². The topological polar surface area (TPSA) is 52.0 Å². The van der Waals surface area contributed by atoms with Crippen LogP contribution in [0, 0.1) is 13.8 Å². The lowest BCUT2D eigenvalue weighted by atomic mass is 10.2. The number of halogens is 1. The summed E-state index contributed by atoms with van der Waals surface area (Å²) < 4.78 is 24.9. The van der Waals surface area contributed by atoms with Crippen molar-refractivity contribution in [2.45, 2.75) is 25.3 Å². The average molecular weight is 299 g/mol. The van der Waals surface area contributed by atoms with E-state index in [1.54, 1.807) is 18.3 Å². The second-order valence-electron chi connectivity index (χ2n) is 4.56. The molecule has 0 atom stereocenters. The Morgan fingerprint density at radius 2 is 2.00 bits per heavy atom. The minimum Gasteiger partial charge on any atom is -0.328 e. The predicted molar refractivity (Wildman–Crippen MR) is 75.4 cm³/mol. The summed E-state index contributed by atoms with van der Waals surface area (Å²) in [6, 6.07) is 4.82. The number of sulfone groups is 1. The van der Waals surface area contributed by atoms with Crippen molar-refractivity contribution in [2.24, 2.45) is 0 Å². The molecule has 0 fully saturated rings. The maximum atomic E-state index is 11.4. The molecule has 0 spiro atoms. The fraction of sp³-hybridized carbons (Fsp3) is 0.308. The SMILES string of the molecule is Cc1cnc(C)n1Cc1ccc(S(C)(=O)=O)cc1Cl. The molecule has 0 aliphatic rings. The van der Waals surface area contributed by atoms with Crippen molar-refractivity contribution in [3.8, 4) is 0 Å². The van der Waals surface area contributed by atoms with Gasteiger partial charge in [-0.3, -0.25) is 0 Å². The molecule has 0 aliphatic heterocycles. The van der Waals surface area contributed by atoms with E-state index in [1.165, 1.54) is 12.3 Å². The van der Waals surface area contributed by atoms with Crippen LogP contribution in [0.2, 0.25) is 5.02 Å². The molecule has 0 N–H and O–H groups in total. The predicted octanol–water partition coefficient (Wildman–Crippen LogP) is 2.61. The molecule has 1 aromatic heterocycles. The molecule has 1 heterocycles. The maximum Gasteiger partial charge on any atom is 0.175 e. The first-order valence-electron chi connectivity index (χ1n) is 5.76. The minimum atomic E-state index is -3.22. The highest BCUT2D eigenvalue weighted by atomic mass is 35.5. The van der Waals surface area contributed by atoms with Crippen molar-refractivity contribution in [1.82, 2.24) is 9.55 Å². The van der Waals surface area contributed by atoms with Crippen LogP contribution in [-0.4, -0.2) is 24.2 Å². The van der Waals surface area contributed by atoms with Gasteiger partial charge in [-0.1, -0.05) is 17.7 Å². The molecule has 102 valence electrons. The van der Waals surface area contributed by atoms with Gasteiger partial charge in [0.25, 0.3) is 0 Å². The second kappa shape index (κ2) is 4.98. The first-order chi connectivity index (χ1) is 8.79. The Morgan fingerprint density at radius 1 is 1.32 bits per heavy atom. The number of hydrogen-bond donors (Lipinski definition) is 0. The Balaban J connectivity index is 2.38. The molecular weight excluding hydrogens is 284 g/mol. The Morgan fingerprint density at radius 3 is 2.47 bits per heavy atom. The number of aromatic nitrogens is 2. The number of rotatable bonds is 3. The van der Waals surface area contributed by atoms with Gasteiger partial charge in [0, 0.05) is 23.2 Å². The van der Waals surface area contributed by atoms with Crippen molar-refractivity contribution in [3.63, 3.8) is 0 Å². The van der Waals surface area contributed by atoms with E-state index in [4.69, 9.17) is 11.6 Å². The third-order valence-corrected chi connectivity index (χ3v) is 4.50. The third-order valence-electron chi connectivity index (χ3n) is 3.04. The quantitative estimate of drug-likeness (QED) is 0.875. The molecule has 0 saturated carbocycles. The molecule has 4 nitrogen and oxygen atoms in total. The second-order valence-corrected chi connectivity index (χ2v) is 6.98. The number of hydrogen-bond acceptors (Lipinski definition) is 3. The van der Waals surface area contributed by atoms with E-state index in [9.17, 15) is 8.42 Å². The third kappa shape index (κ3) is 2.98. The largest absolute Gasteiger partial charge is 0.328 e. The normalized spacial score (nSPS) is 11.8. The van der Waals surface area contributed by atoms with E-state index in [2.05, 4.69) is 4.98 Å². The van der Waals surface area contributed by atoms with Crippen LogP contribution in [-0.2, 0) is 16.4 Å². The Kier molecular flexibility index (Phi) is 3.69. The summed E-state index contributed by atoms with van der Waals surface area (Å²) in [5.74, 6) is 0.903. The molecule has 0 bridgehead atoms. The summed E-state index contributed by atoms with van der Waals surface area (Å²) in [4.78, 5) is 4.46. The maximum absolute atomic E-state index is 11.4. The monoisotopic (exact) mass is 298 g/mol. The van der Waals surface area contributed by atoms with Crippen LogP contribution < -0.4 is 0 Å². The summed E-state index contributed by atoms with van der Waals surface area (Å²) >= 11 is 6.16. The van der Waals surface area contributed by atoms with Gasteiger partial charge in [0.2, 0.25) is 0 Å². The number of aryl methyl sites for hydroxylation is 2. The lowest BCUT2D eigenvalue weighted by Crippen LogP contribution is -2.05. The van der Waals surface area contributed by atoms with Gasteiger partial charge in [-0.25, -0.2) is 13.4 Å². The molecule has 0 saturated heterocycles. The molecule has 0 radical (unpaired) electrons. The van der Waals surface area contributed by atoms with E-state index < -0.39 is 9.84 Å². The number of imidazole rings is 1. The first kappa shape index (κ1) is 14.1. The summed E-state index contributed by atoms with van der Waals surface area (Å²) in [5.41, 5.74) is 1.92. The van der Waals surface area contributed by atoms with Crippen LogP contribution in [0.4, 0.5) is 0 Å². The van der Waals surface area contributed by atoms with Gasteiger partial charge >= 0.3 is 0 Å². The lowest BCUT2D eigenvalue weighted by molar-refractivity contribution is 0.602. The summed E-state index contributed by atoms with van der Waals surface area (Å²) in [6.45, 7) is 4.48. The fourth-order valence-corrected chi connectivity index (χ4v) is 2.83. The highest BCUT2D eigenvalue weighted by Crippen LogP contribution is 2.22. The van der Waals surface area contributed by atoms with Gasteiger partial charge in [-0.15, -0.1) is 0 Å².